The minimum absolute atomic E-state index is 0.170. The van der Waals surface area contributed by atoms with Crippen molar-refractivity contribution in [2.75, 3.05) is 40.5 Å². The Labute approximate surface area is 140 Å². The third kappa shape index (κ3) is 2.69. The summed E-state index contributed by atoms with van der Waals surface area (Å²) in [7, 11) is 3.11. The lowest BCUT2D eigenvalue weighted by atomic mass is 9.95. The maximum Gasteiger partial charge on any atom is 0.254 e. The van der Waals surface area contributed by atoms with Crippen LogP contribution in [0.15, 0.2) is 18.2 Å². The number of benzene rings is 1. The first kappa shape index (κ1) is 16.6. The smallest absolute Gasteiger partial charge is 0.254 e. The van der Waals surface area contributed by atoms with Gasteiger partial charge in [0.2, 0.25) is 5.91 Å². The first-order valence-corrected chi connectivity index (χ1v) is 8.05. The van der Waals surface area contributed by atoms with Crippen LogP contribution in [0.3, 0.4) is 0 Å². The van der Waals surface area contributed by atoms with Crippen molar-refractivity contribution in [2.45, 2.75) is 18.4 Å². The third-order valence-corrected chi connectivity index (χ3v) is 4.56. The molecule has 2 amide bonds. The number of hydrogen-bond acceptors (Lipinski definition) is 5. The summed E-state index contributed by atoms with van der Waals surface area (Å²) in [6.45, 7) is 1.65. The van der Waals surface area contributed by atoms with Gasteiger partial charge in [0.05, 0.1) is 6.61 Å². The Morgan fingerprint density at radius 3 is 2.75 bits per heavy atom. The van der Waals surface area contributed by atoms with Crippen LogP contribution >= 0.6 is 0 Å². The SMILES string of the molecule is CNC(=O)C1(COC)CCCN1C(=O)c1ccc2c(c1)OCCO2. The van der Waals surface area contributed by atoms with Crippen molar-refractivity contribution in [1.82, 2.24) is 10.2 Å². The summed E-state index contributed by atoms with van der Waals surface area (Å²) in [5, 5.41) is 2.66. The summed E-state index contributed by atoms with van der Waals surface area (Å²) in [6.07, 6.45) is 1.34. The monoisotopic (exact) mass is 334 g/mol. The summed E-state index contributed by atoms with van der Waals surface area (Å²) < 4.78 is 16.3. The Kier molecular flexibility index (Phi) is 4.62. The van der Waals surface area contributed by atoms with E-state index in [-0.39, 0.29) is 18.4 Å². The molecule has 0 spiro atoms. The number of nitrogens with zero attached hydrogens (tertiary/aromatic N) is 1. The number of amides is 2. The molecule has 1 atom stereocenters. The van der Waals surface area contributed by atoms with E-state index < -0.39 is 5.54 Å². The van der Waals surface area contributed by atoms with Crippen LogP contribution in [0, 0.1) is 0 Å². The number of carbonyl (C=O) groups is 2. The summed E-state index contributed by atoms with van der Waals surface area (Å²) in [5.74, 6) is 0.787. The van der Waals surface area contributed by atoms with E-state index in [1.54, 1.807) is 30.1 Å². The third-order valence-electron chi connectivity index (χ3n) is 4.56. The van der Waals surface area contributed by atoms with Crippen LogP contribution in [-0.2, 0) is 9.53 Å². The standard InChI is InChI=1S/C17H22N2O5/c1-18-16(21)17(11-22-2)6-3-7-19(17)15(20)12-4-5-13-14(10-12)24-9-8-23-13/h4-5,10H,3,6-9,11H2,1-2H3,(H,18,21). The first-order valence-electron chi connectivity index (χ1n) is 8.05. The summed E-state index contributed by atoms with van der Waals surface area (Å²) in [6, 6.07) is 5.11. The average Bonchev–Trinajstić information content (AvgIpc) is 3.05. The molecule has 0 saturated carbocycles. The van der Waals surface area contributed by atoms with Gasteiger partial charge in [0.25, 0.3) is 5.91 Å². The van der Waals surface area contributed by atoms with E-state index in [1.165, 1.54) is 7.11 Å². The number of hydrogen-bond donors (Lipinski definition) is 1. The molecule has 2 heterocycles. The zero-order valence-electron chi connectivity index (χ0n) is 14.0. The number of likely N-dealkylation sites (N-methyl/N-ethyl adjacent to an activating group) is 1. The number of carbonyl (C=O) groups excluding carboxylic acids is 2. The summed E-state index contributed by atoms with van der Waals surface area (Å²) >= 11 is 0. The quantitative estimate of drug-likeness (QED) is 0.882. The Morgan fingerprint density at radius 1 is 1.29 bits per heavy atom. The molecule has 0 aromatic heterocycles. The van der Waals surface area contributed by atoms with Gasteiger partial charge in [-0.25, -0.2) is 0 Å². The van der Waals surface area contributed by atoms with Crippen molar-refractivity contribution >= 4 is 11.8 Å². The molecule has 1 fully saturated rings. The van der Waals surface area contributed by atoms with Crippen molar-refractivity contribution in [3.63, 3.8) is 0 Å². The lowest BCUT2D eigenvalue weighted by molar-refractivity contribution is -0.133. The van der Waals surface area contributed by atoms with Gasteiger partial charge >= 0.3 is 0 Å². The Balaban J connectivity index is 1.91. The van der Waals surface area contributed by atoms with Crippen LogP contribution in [0.2, 0.25) is 0 Å². The van der Waals surface area contributed by atoms with Crippen LogP contribution in [0.25, 0.3) is 0 Å². The molecule has 1 aromatic rings. The fourth-order valence-electron chi connectivity index (χ4n) is 3.43. The van der Waals surface area contributed by atoms with Crippen molar-refractivity contribution in [3.05, 3.63) is 23.8 Å². The minimum Gasteiger partial charge on any atom is -0.486 e. The number of methoxy groups -OCH3 is 1. The number of rotatable bonds is 4. The normalized spacial score (nSPS) is 22.3. The second-order valence-electron chi connectivity index (χ2n) is 5.96. The molecule has 0 bridgehead atoms. The maximum absolute atomic E-state index is 13.0. The van der Waals surface area contributed by atoms with Gasteiger partial charge in [-0.1, -0.05) is 0 Å². The predicted octanol–water partition coefficient (Wildman–Crippen LogP) is 0.825. The van der Waals surface area contributed by atoms with Gasteiger partial charge in [-0.2, -0.15) is 0 Å². The highest BCUT2D eigenvalue weighted by Gasteiger charge is 2.49. The number of likely N-dealkylation sites (tertiary alicyclic amines) is 1. The second-order valence-corrected chi connectivity index (χ2v) is 5.96. The fraction of sp³-hybridized carbons (Fsp3) is 0.529. The van der Waals surface area contributed by atoms with Crippen molar-refractivity contribution in [3.8, 4) is 11.5 Å². The Hall–Kier alpha value is -2.28. The van der Waals surface area contributed by atoms with Crippen molar-refractivity contribution in [2.24, 2.45) is 0 Å². The highest BCUT2D eigenvalue weighted by molar-refractivity contribution is 6.00. The van der Waals surface area contributed by atoms with E-state index in [0.717, 1.165) is 6.42 Å². The van der Waals surface area contributed by atoms with Crippen LogP contribution < -0.4 is 14.8 Å². The molecule has 1 unspecified atom stereocenters. The minimum atomic E-state index is -0.964. The molecule has 130 valence electrons. The maximum atomic E-state index is 13.0. The Bertz CT molecular complexity index is 648. The molecule has 7 heteroatoms. The van der Waals surface area contributed by atoms with E-state index in [0.29, 0.717) is 43.2 Å². The molecule has 0 aliphatic carbocycles. The van der Waals surface area contributed by atoms with E-state index >= 15 is 0 Å². The lowest BCUT2D eigenvalue weighted by Gasteiger charge is -2.36. The number of ether oxygens (including phenoxy) is 3. The van der Waals surface area contributed by atoms with Crippen molar-refractivity contribution in [1.29, 1.82) is 0 Å². The van der Waals surface area contributed by atoms with Crippen LogP contribution in [-0.4, -0.2) is 62.8 Å². The number of nitrogens with one attached hydrogen (secondary N) is 1. The van der Waals surface area contributed by atoms with Crippen LogP contribution in [0.5, 0.6) is 11.5 Å². The topological polar surface area (TPSA) is 77.1 Å². The molecule has 0 radical (unpaired) electrons. The van der Waals surface area contributed by atoms with Crippen LogP contribution in [0.1, 0.15) is 23.2 Å². The molecular weight excluding hydrogens is 312 g/mol. The molecule has 2 aliphatic rings. The molecule has 1 aromatic carbocycles. The van der Waals surface area contributed by atoms with Gasteiger partial charge in [0, 0.05) is 26.3 Å². The molecule has 3 rings (SSSR count). The molecule has 24 heavy (non-hydrogen) atoms. The van der Waals surface area contributed by atoms with Crippen molar-refractivity contribution < 1.29 is 23.8 Å². The molecule has 7 nitrogen and oxygen atoms in total. The van der Waals surface area contributed by atoms with E-state index in [9.17, 15) is 9.59 Å². The summed E-state index contributed by atoms with van der Waals surface area (Å²) in [5.41, 5.74) is -0.487. The largest absolute Gasteiger partial charge is 0.486 e. The van der Waals surface area contributed by atoms with Gasteiger partial charge < -0.3 is 24.4 Å². The molecular formula is C17H22N2O5. The van der Waals surface area contributed by atoms with Gasteiger partial charge in [-0.15, -0.1) is 0 Å². The molecule has 1 saturated heterocycles. The average molecular weight is 334 g/mol. The van der Waals surface area contributed by atoms with Gasteiger partial charge in [0.1, 0.15) is 18.8 Å². The lowest BCUT2D eigenvalue weighted by Crippen LogP contribution is -2.59. The van der Waals surface area contributed by atoms with E-state index in [4.69, 9.17) is 14.2 Å². The second kappa shape index (κ2) is 6.68. The van der Waals surface area contributed by atoms with Gasteiger partial charge in [0.15, 0.2) is 11.5 Å². The highest BCUT2D eigenvalue weighted by Crippen LogP contribution is 2.35. The van der Waals surface area contributed by atoms with Gasteiger partial charge in [-0.05, 0) is 31.0 Å². The van der Waals surface area contributed by atoms with Gasteiger partial charge in [-0.3, -0.25) is 9.59 Å². The molecule has 1 N–H and O–H groups in total. The summed E-state index contributed by atoms with van der Waals surface area (Å²) in [4.78, 5) is 27.1. The Morgan fingerprint density at radius 2 is 2.04 bits per heavy atom. The van der Waals surface area contributed by atoms with E-state index in [1.807, 2.05) is 0 Å². The zero-order valence-corrected chi connectivity index (χ0v) is 14.0. The first-order chi connectivity index (χ1) is 11.6. The highest BCUT2D eigenvalue weighted by atomic mass is 16.6. The van der Waals surface area contributed by atoms with E-state index in [2.05, 4.69) is 5.32 Å². The van der Waals surface area contributed by atoms with Crippen LogP contribution in [0.4, 0.5) is 0 Å². The zero-order chi connectivity index (χ0) is 17.2. The predicted molar refractivity (Wildman–Crippen MR) is 86.4 cm³/mol. The fourth-order valence-corrected chi connectivity index (χ4v) is 3.43. The number of fused-ring (bicyclic) bond motifs is 1. The molecule has 2 aliphatic heterocycles.